The number of rotatable bonds is 9. The number of halogens is 3. The summed E-state index contributed by atoms with van der Waals surface area (Å²) in [7, 11) is 0. The highest BCUT2D eigenvalue weighted by Gasteiger charge is 2.34. The first-order chi connectivity index (χ1) is 15.6. The molecule has 0 spiro atoms. The number of hydrogen-bond acceptors (Lipinski definition) is 4. The van der Waals surface area contributed by atoms with E-state index in [0.717, 1.165) is 11.6 Å². The van der Waals surface area contributed by atoms with Crippen molar-refractivity contribution in [1.29, 1.82) is 0 Å². The van der Waals surface area contributed by atoms with Crippen molar-refractivity contribution in [3.05, 3.63) is 89.1 Å². The van der Waals surface area contributed by atoms with E-state index in [1.807, 2.05) is 56.0 Å². The van der Waals surface area contributed by atoms with Gasteiger partial charge in [-0.1, -0.05) is 62.4 Å². The predicted octanol–water partition coefficient (Wildman–Crippen LogP) is 5.84. The van der Waals surface area contributed by atoms with E-state index in [-0.39, 0.29) is 48.1 Å². The Bertz CT molecular complexity index is 1050. The zero-order valence-electron chi connectivity index (χ0n) is 18.9. The van der Waals surface area contributed by atoms with E-state index in [2.05, 4.69) is 10.3 Å². The predicted molar refractivity (Wildman–Crippen MR) is 119 cm³/mol. The molecule has 1 aromatic heterocycles. The Kier molecular flexibility index (Phi) is 7.92. The number of amides is 1. The van der Waals surface area contributed by atoms with E-state index in [4.69, 9.17) is 4.42 Å². The summed E-state index contributed by atoms with van der Waals surface area (Å²) in [4.78, 5) is 18.4. The van der Waals surface area contributed by atoms with Crippen LogP contribution < -0.4 is 5.32 Å². The highest BCUT2D eigenvalue weighted by Crippen LogP contribution is 2.34. The van der Waals surface area contributed by atoms with Gasteiger partial charge in [0.15, 0.2) is 5.69 Å². The van der Waals surface area contributed by atoms with Crippen molar-refractivity contribution in [2.75, 3.05) is 6.54 Å². The van der Waals surface area contributed by atoms with Crippen LogP contribution in [0, 0.1) is 5.92 Å². The fraction of sp³-hybridized carbons (Fsp3) is 0.360. The Morgan fingerprint density at radius 2 is 1.70 bits per heavy atom. The minimum absolute atomic E-state index is 0.0308. The minimum atomic E-state index is -4.46. The lowest BCUT2D eigenvalue weighted by atomic mass is 10.0. The van der Waals surface area contributed by atoms with Crippen LogP contribution in [0.25, 0.3) is 0 Å². The second kappa shape index (κ2) is 10.7. The third-order valence-corrected chi connectivity index (χ3v) is 5.32. The van der Waals surface area contributed by atoms with E-state index >= 15 is 0 Å². The SMILES string of the molecule is CC(C)CNC(=O)c1coc(CN(Cc2ccccc2C(F)(F)F)[C@@H](C)c2ccccc2)n1. The van der Waals surface area contributed by atoms with E-state index in [9.17, 15) is 18.0 Å². The minimum Gasteiger partial charge on any atom is -0.447 e. The standard InChI is InChI=1S/C25H28F3N3O2/c1-17(2)13-29-24(32)22-16-33-23(30-22)15-31(18(3)19-9-5-4-6-10-19)14-20-11-7-8-12-21(20)25(26,27)28/h4-12,16-18H,13-15H2,1-3H3,(H,29,32)/t18-/m0/s1. The molecule has 0 aliphatic carbocycles. The molecule has 0 bridgehead atoms. The van der Waals surface area contributed by atoms with Gasteiger partial charge in [0.25, 0.3) is 5.91 Å². The molecule has 1 N–H and O–H groups in total. The third kappa shape index (κ3) is 6.68. The lowest BCUT2D eigenvalue weighted by Crippen LogP contribution is -2.28. The fourth-order valence-corrected chi connectivity index (χ4v) is 3.47. The molecule has 1 heterocycles. The largest absolute Gasteiger partial charge is 0.447 e. The number of nitrogens with one attached hydrogen (secondary N) is 1. The van der Waals surface area contributed by atoms with Crippen LogP contribution in [0.4, 0.5) is 13.2 Å². The lowest BCUT2D eigenvalue weighted by Gasteiger charge is -2.29. The molecule has 0 aliphatic heterocycles. The molecule has 0 unspecified atom stereocenters. The summed E-state index contributed by atoms with van der Waals surface area (Å²) in [6.45, 7) is 6.56. The molecule has 0 saturated heterocycles. The fourth-order valence-electron chi connectivity index (χ4n) is 3.47. The van der Waals surface area contributed by atoms with Gasteiger partial charge in [-0.3, -0.25) is 9.69 Å². The number of nitrogens with zero attached hydrogens (tertiary/aromatic N) is 2. The van der Waals surface area contributed by atoms with E-state index < -0.39 is 11.7 Å². The van der Waals surface area contributed by atoms with Crippen molar-refractivity contribution < 1.29 is 22.4 Å². The summed E-state index contributed by atoms with van der Waals surface area (Å²) in [5.41, 5.74) is 0.586. The van der Waals surface area contributed by atoms with Crippen LogP contribution in [0.5, 0.6) is 0 Å². The molecular weight excluding hydrogens is 431 g/mol. The number of carbonyl (C=O) groups excluding carboxylic acids is 1. The molecule has 0 radical (unpaired) electrons. The first-order valence-corrected chi connectivity index (χ1v) is 10.8. The van der Waals surface area contributed by atoms with Crippen molar-refractivity contribution >= 4 is 5.91 Å². The van der Waals surface area contributed by atoms with Gasteiger partial charge < -0.3 is 9.73 Å². The number of oxazole rings is 1. The van der Waals surface area contributed by atoms with Gasteiger partial charge >= 0.3 is 6.18 Å². The first-order valence-electron chi connectivity index (χ1n) is 10.8. The van der Waals surface area contributed by atoms with Gasteiger partial charge in [-0.05, 0) is 30.0 Å². The van der Waals surface area contributed by atoms with E-state index in [1.165, 1.54) is 18.4 Å². The normalized spacial score (nSPS) is 12.8. The zero-order chi connectivity index (χ0) is 24.0. The van der Waals surface area contributed by atoms with Gasteiger partial charge in [-0.15, -0.1) is 0 Å². The molecule has 0 aliphatic rings. The van der Waals surface area contributed by atoms with Gasteiger partial charge in [0.05, 0.1) is 12.1 Å². The Hall–Kier alpha value is -3.13. The zero-order valence-corrected chi connectivity index (χ0v) is 18.9. The van der Waals surface area contributed by atoms with Gasteiger partial charge in [0, 0.05) is 19.1 Å². The quantitative estimate of drug-likeness (QED) is 0.437. The van der Waals surface area contributed by atoms with Crippen LogP contribution in [0.3, 0.4) is 0 Å². The lowest BCUT2D eigenvalue weighted by molar-refractivity contribution is -0.138. The highest BCUT2D eigenvalue weighted by atomic mass is 19.4. The maximum atomic E-state index is 13.6. The number of hydrogen-bond donors (Lipinski definition) is 1. The van der Waals surface area contributed by atoms with E-state index in [1.54, 1.807) is 6.07 Å². The van der Waals surface area contributed by atoms with E-state index in [0.29, 0.717) is 6.54 Å². The van der Waals surface area contributed by atoms with Crippen LogP contribution >= 0.6 is 0 Å². The van der Waals surface area contributed by atoms with Crippen molar-refractivity contribution in [1.82, 2.24) is 15.2 Å². The topological polar surface area (TPSA) is 58.4 Å². The molecule has 5 nitrogen and oxygen atoms in total. The average Bonchev–Trinajstić information content (AvgIpc) is 3.25. The molecule has 2 aromatic carbocycles. The van der Waals surface area contributed by atoms with Crippen molar-refractivity contribution in [2.24, 2.45) is 5.92 Å². The number of alkyl halides is 3. The maximum Gasteiger partial charge on any atom is 0.416 e. The Balaban J connectivity index is 1.86. The molecule has 3 aromatic rings. The Morgan fingerprint density at radius 1 is 1.03 bits per heavy atom. The number of aromatic nitrogens is 1. The van der Waals surface area contributed by atoms with Gasteiger partial charge in [0.2, 0.25) is 5.89 Å². The number of benzene rings is 2. The molecule has 3 rings (SSSR count). The summed E-state index contributed by atoms with van der Waals surface area (Å²) < 4.78 is 46.2. The second-order valence-electron chi connectivity index (χ2n) is 8.38. The van der Waals surface area contributed by atoms with Crippen LogP contribution in [0.2, 0.25) is 0 Å². The van der Waals surface area contributed by atoms with Gasteiger partial charge in [-0.2, -0.15) is 13.2 Å². The summed E-state index contributed by atoms with van der Waals surface area (Å²) in [5, 5.41) is 2.78. The monoisotopic (exact) mass is 459 g/mol. The molecule has 0 saturated carbocycles. The van der Waals surface area contributed by atoms with Crippen LogP contribution in [-0.2, 0) is 19.3 Å². The molecule has 0 fully saturated rings. The Morgan fingerprint density at radius 3 is 2.36 bits per heavy atom. The van der Waals surface area contributed by atoms with Gasteiger partial charge in [-0.25, -0.2) is 4.98 Å². The molecule has 1 amide bonds. The van der Waals surface area contributed by atoms with Crippen LogP contribution in [0.15, 0.2) is 65.3 Å². The summed E-state index contributed by atoms with van der Waals surface area (Å²) >= 11 is 0. The summed E-state index contributed by atoms with van der Waals surface area (Å²) in [6, 6.07) is 14.8. The molecule has 1 atom stereocenters. The van der Waals surface area contributed by atoms with Crippen molar-refractivity contribution in [2.45, 2.75) is 46.1 Å². The molecule has 176 valence electrons. The van der Waals surface area contributed by atoms with Crippen molar-refractivity contribution in [3.63, 3.8) is 0 Å². The summed E-state index contributed by atoms with van der Waals surface area (Å²) in [6.07, 6.45) is -3.18. The summed E-state index contributed by atoms with van der Waals surface area (Å²) in [5.74, 6) is 0.206. The number of carbonyl (C=O) groups is 1. The smallest absolute Gasteiger partial charge is 0.416 e. The van der Waals surface area contributed by atoms with Crippen LogP contribution in [0.1, 0.15) is 59.9 Å². The van der Waals surface area contributed by atoms with Gasteiger partial charge in [0.1, 0.15) is 6.26 Å². The second-order valence-corrected chi connectivity index (χ2v) is 8.38. The molecule has 8 heteroatoms. The maximum absolute atomic E-state index is 13.6. The first kappa shape index (κ1) is 24.5. The molecule has 33 heavy (non-hydrogen) atoms. The van der Waals surface area contributed by atoms with Crippen molar-refractivity contribution in [3.8, 4) is 0 Å². The molecular formula is C25H28F3N3O2. The Labute approximate surface area is 191 Å². The van der Waals surface area contributed by atoms with Crippen LogP contribution in [-0.4, -0.2) is 22.3 Å². The average molecular weight is 460 g/mol. The highest BCUT2D eigenvalue weighted by molar-refractivity contribution is 5.91. The third-order valence-electron chi connectivity index (χ3n) is 5.32.